The fourth-order valence-corrected chi connectivity index (χ4v) is 2.57. The van der Waals surface area contributed by atoms with Crippen LogP contribution in [0.15, 0.2) is 18.2 Å². The van der Waals surface area contributed by atoms with Gasteiger partial charge in [0.15, 0.2) is 5.15 Å². The SMILES string of the molecule is CC(C)c1nc(-c2ccc(Cl)cc2Cl)c(Cl)n1OC(F)F. The lowest BCUT2D eigenvalue weighted by molar-refractivity contribution is -0.134. The molecule has 0 atom stereocenters. The van der Waals surface area contributed by atoms with Crippen molar-refractivity contribution in [1.82, 2.24) is 9.71 Å². The molecule has 21 heavy (non-hydrogen) atoms. The van der Waals surface area contributed by atoms with Crippen LogP contribution < -0.4 is 4.84 Å². The van der Waals surface area contributed by atoms with Gasteiger partial charge in [0.2, 0.25) is 0 Å². The lowest BCUT2D eigenvalue weighted by Crippen LogP contribution is -2.20. The Morgan fingerprint density at radius 2 is 1.86 bits per heavy atom. The van der Waals surface area contributed by atoms with Gasteiger partial charge in [-0.15, -0.1) is 4.73 Å². The van der Waals surface area contributed by atoms with Gasteiger partial charge in [-0.05, 0) is 18.2 Å². The molecule has 0 aliphatic rings. The zero-order valence-electron chi connectivity index (χ0n) is 11.1. The van der Waals surface area contributed by atoms with Crippen LogP contribution in [0, 0.1) is 0 Å². The van der Waals surface area contributed by atoms with Crippen molar-refractivity contribution in [3.63, 3.8) is 0 Å². The quantitative estimate of drug-likeness (QED) is 0.745. The Morgan fingerprint density at radius 3 is 2.38 bits per heavy atom. The topological polar surface area (TPSA) is 27.1 Å². The highest BCUT2D eigenvalue weighted by Crippen LogP contribution is 2.36. The van der Waals surface area contributed by atoms with Crippen LogP contribution in [0.5, 0.6) is 0 Å². The first kappa shape index (κ1) is 16.3. The van der Waals surface area contributed by atoms with E-state index in [0.717, 1.165) is 4.73 Å². The Bertz CT molecular complexity index is 659. The maximum absolute atomic E-state index is 12.5. The molecule has 8 heteroatoms. The van der Waals surface area contributed by atoms with Crippen molar-refractivity contribution >= 4 is 34.8 Å². The summed E-state index contributed by atoms with van der Waals surface area (Å²) < 4.78 is 25.9. The third-order valence-electron chi connectivity index (χ3n) is 2.70. The number of aromatic nitrogens is 2. The zero-order valence-corrected chi connectivity index (χ0v) is 13.3. The second-order valence-electron chi connectivity index (χ2n) is 4.55. The van der Waals surface area contributed by atoms with Crippen LogP contribution in [0.3, 0.4) is 0 Å². The van der Waals surface area contributed by atoms with E-state index in [1.165, 1.54) is 6.07 Å². The summed E-state index contributed by atoms with van der Waals surface area (Å²) in [5, 5.41) is 0.705. The van der Waals surface area contributed by atoms with Gasteiger partial charge in [-0.1, -0.05) is 48.7 Å². The zero-order chi connectivity index (χ0) is 15.7. The van der Waals surface area contributed by atoms with Crippen molar-refractivity contribution in [2.24, 2.45) is 0 Å². The Morgan fingerprint density at radius 1 is 1.19 bits per heavy atom. The molecule has 0 bridgehead atoms. The summed E-state index contributed by atoms with van der Waals surface area (Å²) >= 11 is 18.0. The van der Waals surface area contributed by atoms with E-state index < -0.39 is 6.61 Å². The Kier molecular flexibility index (Phi) is 4.96. The standard InChI is InChI=1S/C13H11Cl3F2N2O/c1-6(2)12-19-10(11(16)20(12)21-13(17)18)8-4-3-7(14)5-9(8)15/h3-6,13H,1-2H3. The molecule has 114 valence electrons. The normalized spacial score (nSPS) is 11.5. The largest absolute Gasteiger partial charge is 0.405 e. The second kappa shape index (κ2) is 6.38. The predicted molar refractivity (Wildman–Crippen MR) is 79.4 cm³/mol. The van der Waals surface area contributed by atoms with Crippen molar-refractivity contribution in [2.45, 2.75) is 26.4 Å². The van der Waals surface area contributed by atoms with Gasteiger partial charge in [-0.25, -0.2) is 4.98 Å². The number of rotatable bonds is 4. The molecule has 0 spiro atoms. The van der Waals surface area contributed by atoms with Gasteiger partial charge < -0.3 is 4.84 Å². The van der Waals surface area contributed by atoms with E-state index in [1.807, 2.05) is 0 Å². The average molecular weight is 356 g/mol. The average Bonchev–Trinajstić information content (AvgIpc) is 2.67. The van der Waals surface area contributed by atoms with Crippen molar-refractivity contribution in [2.75, 3.05) is 0 Å². The van der Waals surface area contributed by atoms with Gasteiger partial charge in [0.1, 0.15) is 11.5 Å². The highest BCUT2D eigenvalue weighted by Gasteiger charge is 2.23. The van der Waals surface area contributed by atoms with Gasteiger partial charge in [0, 0.05) is 16.5 Å². The number of alkyl halides is 2. The summed E-state index contributed by atoms with van der Waals surface area (Å²) in [7, 11) is 0. The summed E-state index contributed by atoms with van der Waals surface area (Å²) in [6.45, 7) is 0.567. The summed E-state index contributed by atoms with van der Waals surface area (Å²) in [4.78, 5) is 8.69. The van der Waals surface area contributed by atoms with Crippen molar-refractivity contribution < 1.29 is 13.6 Å². The first-order valence-corrected chi connectivity index (χ1v) is 7.13. The first-order valence-electron chi connectivity index (χ1n) is 6.00. The third-order valence-corrected chi connectivity index (χ3v) is 3.58. The van der Waals surface area contributed by atoms with Crippen LogP contribution in [0.2, 0.25) is 15.2 Å². The Labute approximate surface area is 135 Å². The van der Waals surface area contributed by atoms with E-state index in [9.17, 15) is 8.78 Å². The number of hydrogen-bond donors (Lipinski definition) is 0. The highest BCUT2D eigenvalue weighted by molar-refractivity contribution is 6.37. The Hall–Kier alpha value is -1.04. The van der Waals surface area contributed by atoms with Crippen LogP contribution in [-0.4, -0.2) is 16.3 Å². The summed E-state index contributed by atoms with van der Waals surface area (Å²) in [6.07, 6.45) is 0. The summed E-state index contributed by atoms with van der Waals surface area (Å²) in [6, 6.07) is 4.76. The van der Waals surface area contributed by atoms with Gasteiger partial charge >= 0.3 is 6.61 Å². The van der Waals surface area contributed by atoms with Crippen molar-refractivity contribution in [3.05, 3.63) is 39.2 Å². The summed E-state index contributed by atoms with van der Waals surface area (Å²) in [5.74, 6) is 0.113. The van der Waals surface area contributed by atoms with E-state index in [-0.39, 0.29) is 22.6 Å². The van der Waals surface area contributed by atoms with Crippen LogP contribution in [0.25, 0.3) is 11.3 Å². The maximum Gasteiger partial charge on any atom is 0.405 e. The lowest BCUT2D eigenvalue weighted by atomic mass is 10.1. The molecule has 2 rings (SSSR count). The molecule has 3 nitrogen and oxygen atoms in total. The first-order chi connectivity index (χ1) is 9.81. The van der Waals surface area contributed by atoms with Crippen LogP contribution >= 0.6 is 34.8 Å². The van der Waals surface area contributed by atoms with Crippen LogP contribution in [-0.2, 0) is 0 Å². The van der Waals surface area contributed by atoms with Crippen molar-refractivity contribution in [1.29, 1.82) is 0 Å². The van der Waals surface area contributed by atoms with Crippen LogP contribution in [0.1, 0.15) is 25.6 Å². The van der Waals surface area contributed by atoms with Gasteiger partial charge in [0.05, 0.1) is 5.02 Å². The molecule has 0 unspecified atom stereocenters. The minimum atomic E-state index is -3.01. The molecule has 0 saturated heterocycles. The van der Waals surface area contributed by atoms with E-state index in [4.69, 9.17) is 34.8 Å². The lowest BCUT2D eigenvalue weighted by Gasteiger charge is -2.10. The molecule has 1 aromatic heterocycles. The molecule has 0 radical (unpaired) electrons. The van der Waals surface area contributed by atoms with Gasteiger partial charge in [-0.3, -0.25) is 0 Å². The fraction of sp³-hybridized carbons (Fsp3) is 0.308. The van der Waals surface area contributed by atoms with Gasteiger partial charge in [-0.2, -0.15) is 8.78 Å². The van der Waals surface area contributed by atoms with Crippen molar-refractivity contribution in [3.8, 4) is 11.3 Å². The van der Waals surface area contributed by atoms with E-state index in [1.54, 1.807) is 26.0 Å². The number of imidazole rings is 1. The number of hydrogen-bond acceptors (Lipinski definition) is 2. The molecule has 0 aliphatic heterocycles. The maximum atomic E-state index is 12.5. The van der Waals surface area contributed by atoms with E-state index in [0.29, 0.717) is 15.6 Å². The molecule has 0 amide bonds. The number of nitrogens with zero attached hydrogens (tertiary/aromatic N) is 2. The Balaban J connectivity index is 2.59. The summed E-state index contributed by atoms with van der Waals surface area (Å²) in [5.41, 5.74) is 0.757. The smallest absolute Gasteiger partial charge is 0.341 e. The molecule has 0 saturated carbocycles. The molecule has 1 heterocycles. The molecule has 0 fully saturated rings. The monoisotopic (exact) mass is 354 g/mol. The van der Waals surface area contributed by atoms with E-state index >= 15 is 0 Å². The third kappa shape index (κ3) is 3.42. The molecule has 2 aromatic rings. The van der Waals surface area contributed by atoms with E-state index in [2.05, 4.69) is 9.82 Å². The minimum Gasteiger partial charge on any atom is -0.341 e. The van der Waals surface area contributed by atoms with Crippen LogP contribution in [0.4, 0.5) is 8.78 Å². The molecular formula is C13H11Cl3F2N2O. The number of halogens is 5. The predicted octanol–water partition coefficient (Wildman–Crippen LogP) is 5.28. The van der Waals surface area contributed by atoms with Gasteiger partial charge in [0.25, 0.3) is 0 Å². The fourth-order valence-electron chi connectivity index (χ4n) is 1.80. The highest BCUT2D eigenvalue weighted by atomic mass is 35.5. The number of benzene rings is 1. The molecule has 0 aliphatic carbocycles. The second-order valence-corrected chi connectivity index (χ2v) is 5.75. The minimum absolute atomic E-state index is 0.0665. The molecule has 0 N–H and O–H groups in total. The molecular weight excluding hydrogens is 345 g/mol. The molecule has 1 aromatic carbocycles.